The van der Waals surface area contributed by atoms with Gasteiger partial charge in [0.2, 0.25) is 5.91 Å². The zero-order valence-electron chi connectivity index (χ0n) is 12.4. The molecule has 4 N–H and O–H groups in total. The van der Waals surface area contributed by atoms with Gasteiger partial charge >= 0.3 is 0 Å². The van der Waals surface area contributed by atoms with Crippen LogP contribution < -0.4 is 11.1 Å². The van der Waals surface area contributed by atoms with Crippen molar-refractivity contribution >= 4 is 11.7 Å². The van der Waals surface area contributed by atoms with Crippen molar-refractivity contribution in [1.29, 1.82) is 0 Å². The highest BCUT2D eigenvalue weighted by molar-refractivity contribution is 5.94. The number of hydrogen-bond acceptors (Lipinski definition) is 3. The second kappa shape index (κ2) is 6.61. The first-order valence-electron chi connectivity index (χ1n) is 7.40. The third-order valence-electron chi connectivity index (χ3n) is 4.20. The quantitative estimate of drug-likeness (QED) is 0.336. The highest BCUT2D eigenvalue weighted by Crippen LogP contribution is 2.30. The zero-order valence-corrected chi connectivity index (χ0v) is 12.4. The van der Waals surface area contributed by atoms with Crippen LogP contribution in [0.1, 0.15) is 43.2 Å². The van der Waals surface area contributed by atoms with Gasteiger partial charge in [-0.1, -0.05) is 47.8 Å². The molecule has 0 radical (unpaired) electrons. The lowest BCUT2D eigenvalue weighted by molar-refractivity contribution is -0.122. The predicted molar refractivity (Wildman–Crippen MR) is 82.3 cm³/mol. The molecule has 0 unspecified atom stereocenters. The molecule has 0 spiro atoms. The second-order valence-corrected chi connectivity index (χ2v) is 5.81. The number of carbonyl (C=O) groups is 1. The third kappa shape index (κ3) is 3.74. The number of nitrogens with zero attached hydrogens (tertiary/aromatic N) is 1. The highest BCUT2D eigenvalue weighted by atomic mass is 16.4. The molecule has 0 heterocycles. The van der Waals surface area contributed by atoms with Crippen molar-refractivity contribution in [3.63, 3.8) is 0 Å². The fourth-order valence-corrected chi connectivity index (χ4v) is 2.86. The summed E-state index contributed by atoms with van der Waals surface area (Å²) in [5.41, 5.74) is 7.46. The van der Waals surface area contributed by atoms with Gasteiger partial charge < -0.3 is 16.3 Å². The summed E-state index contributed by atoms with van der Waals surface area (Å²) in [5, 5.41) is 15.0. The van der Waals surface area contributed by atoms with E-state index in [1.165, 1.54) is 5.56 Å². The molecule has 1 fully saturated rings. The minimum Gasteiger partial charge on any atom is -0.409 e. The molecule has 0 atom stereocenters. The van der Waals surface area contributed by atoms with Crippen LogP contribution in [0.25, 0.3) is 0 Å². The first-order valence-corrected chi connectivity index (χ1v) is 7.40. The van der Waals surface area contributed by atoms with Crippen LogP contribution in [0.5, 0.6) is 0 Å². The molecule has 0 aliphatic heterocycles. The van der Waals surface area contributed by atoms with Crippen LogP contribution >= 0.6 is 0 Å². The Morgan fingerprint density at radius 1 is 1.33 bits per heavy atom. The summed E-state index contributed by atoms with van der Waals surface area (Å²) in [6, 6.07) is 8.17. The zero-order chi connectivity index (χ0) is 15.3. The minimum atomic E-state index is -0.654. The number of aryl methyl sites for hydroxylation is 2. The molecule has 0 aromatic heterocycles. The molecule has 114 valence electrons. The summed E-state index contributed by atoms with van der Waals surface area (Å²) in [5.74, 6) is 0.0627. The Morgan fingerprint density at radius 2 is 1.95 bits per heavy atom. The summed E-state index contributed by atoms with van der Waals surface area (Å²) >= 11 is 0. The number of amidine groups is 1. The Labute approximate surface area is 125 Å². The van der Waals surface area contributed by atoms with Crippen LogP contribution in [0.3, 0.4) is 0 Å². The van der Waals surface area contributed by atoms with Crippen LogP contribution in [0.4, 0.5) is 0 Å². The van der Waals surface area contributed by atoms with Gasteiger partial charge in [-0.3, -0.25) is 4.79 Å². The highest BCUT2D eigenvalue weighted by Gasteiger charge is 2.39. The molecule has 2 rings (SSSR count). The van der Waals surface area contributed by atoms with Crippen molar-refractivity contribution in [2.75, 3.05) is 0 Å². The Hall–Kier alpha value is -2.04. The van der Waals surface area contributed by atoms with E-state index in [1.807, 2.05) is 31.2 Å². The number of nitrogens with two attached hydrogens (primary N) is 1. The topological polar surface area (TPSA) is 87.7 Å². The van der Waals surface area contributed by atoms with E-state index < -0.39 is 5.54 Å². The molecular weight excluding hydrogens is 266 g/mol. The van der Waals surface area contributed by atoms with Gasteiger partial charge in [-0.2, -0.15) is 0 Å². The number of benzene rings is 1. The van der Waals surface area contributed by atoms with Gasteiger partial charge in [0, 0.05) is 6.42 Å². The maximum atomic E-state index is 12.2. The standard InChI is InChI=1S/C16H23N3O2/c1-12-4-6-13(7-5-12)8-9-14(20)18-16(15(17)19-21)10-2-3-11-16/h4-7,21H,2-3,8-11H2,1H3,(H2,17,19)(H,18,20). The van der Waals surface area contributed by atoms with Gasteiger partial charge in [0.1, 0.15) is 5.54 Å². The molecule has 1 amide bonds. The van der Waals surface area contributed by atoms with Crippen LogP contribution in [0.15, 0.2) is 29.4 Å². The smallest absolute Gasteiger partial charge is 0.221 e. The minimum absolute atomic E-state index is 0.0518. The SMILES string of the molecule is Cc1ccc(CCC(=O)NC2(C(N)=NO)CCCC2)cc1. The first-order chi connectivity index (χ1) is 10.1. The maximum Gasteiger partial charge on any atom is 0.221 e. The van der Waals surface area contributed by atoms with E-state index in [0.29, 0.717) is 12.8 Å². The summed E-state index contributed by atoms with van der Waals surface area (Å²) < 4.78 is 0. The molecule has 1 saturated carbocycles. The monoisotopic (exact) mass is 289 g/mol. The third-order valence-corrected chi connectivity index (χ3v) is 4.20. The van der Waals surface area contributed by atoms with Gasteiger partial charge in [-0.05, 0) is 31.7 Å². The number of carbonyl (C=O) groups excluding carboxylic acids is 1. The van der Waals surface area contributed by atoms with Gasteiger partial charge in [0.05, 0.1) is 0 Å². The molecule has 0 bridgehead atoms. The van der Waals surface area contributed by atoms with E-state index in [1.54, 1.807) is 0 Å². The number of rotatable bonds is 5. The van der Waals surface area contributed by atoms with E-state index in [-0.39, 0.29) is 11.7 Å². The van der Waals surface area contributed by atoms with Crippen LogP contribution in [-0.2, 0) is 11.2 Å². The average molecular weight is 289 g/mol. The van der Waals surface area contributed by atoms with E-state index in [2.05, 4.69) is 10.5 Å². The molecule has 1 aromatic rings. The Balaban J connectivity index is 1.92. The first kappa shape index (κ1) is 15.4. The molecule has 0 saturated heterocycles. The van der Waals surface area contributed by atoms with Crippen molar-refractivity contribution < 1.29 is 10.0 Å². The van der Waals surface area contributed by atoms with Gasteiger partial charge in [0.25, 0.3) is 0 Å². The second-order valence-electron chi connectivity index (χ2n) is 5.81. The fraction of sp³-hybridized carbons (Fsp3) is 0.500. The van der Waals surface area contributed by atoms with Gasteiger partial charge in [-0.15, -0.1) is 0 Å². The number of hydrogen-bond donors (Lipinski definition) is 3. The summed E-state index contributed by atoms with van der Waals surface area (Å²) in [4.78, 5) is 12.2. The van der Waals surface area contributed by atoms with Crippen molar-refractivity contribution in [2.24, 2.45) is 10.9 Å². The molecule has 5 nitrogen and oxygen atoms in total. The Morgan fingerprint density at radius 3 is 2.52 bits per heavy atom. The Kier molecular flexibility index (Phi) is 4.83. The largest absolute Gasteiger partial charge is 0.409 e. The average Bonchev–Trinajstić information content (AvgIpc) is 2.95. The normalized spacial score (nSPS) is 17.7. The predicted octanol–water partition coefficient (Wildman–Crippen LogP) is 2.10. The van der Waals surface area contributed by atoms with Crippen molar-refractivity contribution in [3.8, 4) is 0 Å². The number of nitrogens with one attached hydrogen (secondary N) is 1. The van der Waals surface area contributed by atoms with Gasteiger partial charge in [0.15, 0.2) is 5.84 Å². The Bertz CT molecular complexity index is 517. The number of oxime groups is 1. The lowest BCUT2D eigenvalue weighted by Gasteiger charge is -2.28. The van der Waals surface area contributed by atoms with Crippen molar-refractivity contribution in [3.05, 3.63) is 35.4 Å². The fourth-order valence-electron chi connectivity index (χ4n) is 2.86. The summed E-state index contributed by atoms with van der Waals surface area (Å²) in [6.07, 6.45) is 4.53. The van der Waals surface area contributed by atoms with Crippen LogP contribution in [-0.4, -0.2) is 22.5 Å². The van der Waals surface area contributed by atoms with Gasteiger partial charge in [-0.25, -0.2) is 0 Å². The molecule has 21 heavy (non-hydrogen) atoms. The van der Waals surface area contributed by atoms with Crippen molar-refractivity contribution in [1.82, 2.24) is 5.32 Å². The summed E-state index contributed by atoms with van der Waals surface area (Å²) in [7, 11) is 0. The molecule has 1 aliphatic carbocycles. The van der Waals surface area contributed by atoms with E-state index in [4.69, 9.17) is 10.9 Å². The molecule has 1 aliphatic rings. The molecule has 5 heteroatoms. The molecular formula is C16H23N3O2. The van der Waals surface area contributed by atoms with E-state index in [0.717, 1.165) is 31.2 Å². The molecule has 1 aromatic carbocycles. The number of amides is 1. The van der Waals surface area contributed by atoms with Crippen LogP contribution in [0, 0.1) is 6.92 Å². The van der Waals surface area contributed by atoms with E-state index >= 15 is 0 Å². The lowest BCUT2D eigenvalue weighted by Crippen LogP contribution is -2.55. The summed E-state index contributed by atoms with van der Waals surface area (Å²) in [6.45, 7) is 2.04. The van der Waals surface area contributed by atoms with Crippen LogP contribution in [0.2, 0.25) is 0 Å². The van der Waals surface area contributed by atoms with E-state index in [9.17, 15) is 4.79 Å². The lowest BCUT2D eigenvalue weighted by atomic mass is 9.95. The van der Waals surface area contributed by atoms with Crippen molar-refractivity contribution in [2.45, 2.75) is 51.0 Å². The maximum absolute atomic E-state index is 12.2.